The summed E-state index contributed by atoms with van der Waals surface area (Å²) < 4.78 is 0. The molecule has 1 unspecified atom stereocenters. The van der Waals surface area contributed by atoms with Crippen LogP contribution in [0.3, 0.4) is 0 Å². The van der Waals surface area contributed by atoms with Gasteiger partial charge in [0.05, 0.1) is 0 Å². The number of aliphatic carboxylic acids is 1. The average molecular weight is 481 g/mol. The molecule has 0 saturated heterocycles. The third kappa shape index (κ3) is 5.99. The van der Waals surface area contributed by atoms with E-state index in [2.05, 4.69) is 5.32 Å². The molecule has 0 fully saturated rings. The van der Waals surface area contributed by atoms with Crippen molar-refractivity contribution in [1.29, 1.82) is 0 Å². The molecule has 4 aromatic rings. The van der Waals surface area contributed by atoms with Crippen LogP contribution in [0, 0.1) is 0 Å². The molecule has 2 atom stereocenters. The van der Waals surface area contributed by atoms with E-state index in [9.17, 15) is 14.7 Å². The van der Waals surface area contributed by atoms with E-state index in [1.54, 1.807) is 0 Å². The smallest absolute Gasteiger partial charge is 0.321 e. The Morgan fingerprint density at radius 3 is 2.00 bits per heavy atom. The summed E-state index contributed by atoms with van der Waals surface area (Å²) in [6, 6.07) is 31.3. The van der Waals surface area contributed by atoms with E-state index < -0.39 is 18.1 Å². The third-order valence-electron chi connectivity index (χ3n) is 6.29. The van der Waals surface area contributed by atoms with Gasteiger partial charge in [0.2, 0.25) is 5.91 Å². The molecule has 0 aromatic heterocycles. The van der Waals surface area contributed by atoms with Crippen LogP contribution in [-0.2, 0) is 22.6 Å². The molecule has 0 bridgehead atoms. The SMILES string of the molecule is CC(C)NC(=O)C(c1cccc2ccccc12)N(Cc1ccccc1)[C@@H](Cc1ccccc1)C(=O)O. The molecule has 1 amide bonds. The van der Waals surface area contributed by atoms with Crippen molar-refractivity contribution in [3.8, 4) is 0 Å². The Morgan fingerprint density at radius 1 is 0.778 bits per heavy atom. The lowest BCUT2D eigenvalue weighted by Gasteiger charge is -2.36. The summed E-state index contributed by atoms with van der Waals surface area (Å²) in [7, 11) is 0. The van der Waals surface area contributed by atoms with Crippen molar-refractivity contribution in [1.82, 2.24) is 10.2 Å². The number of carboxylic acids is 1. The van der Waals surface area contributed by atoms with Crippen LogP contribution in [0.25, 0.3) is 10.8 Å². The van der Waals surface area contributed by atoms with E-state index in [1.165, 1.54) is 0 Å². The van der Waals surface area contributed by atoms with Crippen LogP contribution in [0.2, 0.25) is 0 Å². The number of nitrogens with one attached hydrogen (secondary N) is 1. The minimum Gasteiger partial charge on any atom is -0.480 e. The predicted octanol–water partition coefficient (Wildman–Crippen LogP) is 5.60. The Labute approximate surface area is 212 Å². The molecule has 4 rings (SSSR count). The molecule has 0 heterocycles. The molecule has 0 spiro atoms. The predicted molar refractivity (Wildman–Crippen MR) is 144 cm³/mol. The number of rotatable bonds is 10. The van der Waals surface area contributed by atoms with E-state index in [1.807, 2.05) is 122 Å². The van der Waals surface area contributed by atoms with E-state index in [0.717, 1.165) is 27.5 Å². The van der Waals surface area contributed by atoms with Crippen LogP contribution >= 0.6 is 0 Å². The van der Waals surface area contributed by atoms with Gasteiger partial charge in [-0.1, -0.05) is 103 Å². The second kappa shape index (κ2) is 11.6. The maximum absolute atomic E-state index is 13.9. The van der Waals surface area contributed by atoms with E-state index in [4.69, 9.17) is 0 Å². The molecule has 184 valence electrons. The number of hydrogen-bond acceptors (Lipinski definition) is 3. The zero-order valence-electron chi connectivity index (χ0n) is 20.7. The standard InChI is InChI=1S/C31H32N2O3/c1-22(2)32-30(34)29(27-19-11-17-25-16-9-10-18-26(25)27)33(21-24-14-7-4-8-15-24)28(31(35)36)20-23-12-5-3-6-13-23/h3-19,22,28-29H,20-21H2,1-2H3,(H,32,34)(H,35,36)/t28-,29?/m0/s1. The van der Waals surface area contributed by atoms with Gasteiger partial charge in [0.25, 0.3) is 0 Å². The van der Waals surface area contributed by atoms with Crippen molar-refractivity contribution in [2.45, 2.75) is 44.9 Å². The molecule has 0 saturated carbocycles. The lowest BCUT2D eigenvalue weighted by molar-refractivity contribution is -0.146. The first-order chi connectivity index (χ1) is 17.4. The third-order valence-corrected chi connectivity index (χ3v) is 6.29. The van der Waals surface area contributed by atoms with Gasteiger partial charge in [0.1, 0.15) is 12.1 Å². The topological polar surface area (TPSA) is 69.6 Å². The largest absolute Gasteiger partial charge is 0.480 e. The number of fused-ring (bicyclic) bond motifs is 1. The van der Waals surface area contributed by atoms with Crippen molar-refractivity contribution in [3.63, 3.8) is 0 Å². The molecule has 5 nitrogen and oxygen atoms in total. The molecule has 0 aliphatic rings. The van der Waals surface area contributed by atoms with Gasteiger partial charge in [0.15, 0.2) is 0 Å². The van der Waals surface area contributed by atoms with Gasteiger partial charge in [0, 0.05) is 12.6 Å². The zero-order valence-corrected chi connectivity index (χ0v) is 20.7. The molecule has 36 heavy (non-hydrogen) atoms. The quantitative estimate of drug-likeness (QED) is 0.310. The highest BCUT2D eigenvalue weighted by molar-refractivity contribution is 5.93. The number of carboxylic acid groups (broad SMARTS) is 1. The second-order valence-corrected chi connectivity index (χ2v) is 9.34. The number of hydrogen-bond donors (Lipinski definition) is 2. The summed E-state index contributed by atoms with van der Waals surface area (Å²) >= 11 is 0. The van der Waals surface area contributed by atoms with E-state index >= 15 is 0 Å². The Kier molecular flexibility index (Phi) is 8.13. The molecule has 0 radical (unpaired) electrons. The maximum Gasteiger partial charge on any atom is 0.321 e. The Hall–Kier alpha value is -3.96. The molecule has 2 N–H and O–H groups in total. The van der Waals surface area contributed by atoms with Crippen LogP contribution in [0.1, 0.15) is 36.6 Å². The lowest BCUT2D eigenvalue weighted by Crippen LogP contribution is -2.50. The summed E-state index contributed by atoms with van der Waals surface area (Å²) in [5, 5.41) is 15.5. The van der Waals surface area contributed by atoms with Crippen molar-refractivity contribution >= 4 is 22.6 Å². The number of carbonyl (C=O) groups is 2. The van der Waals surface area contributed by atoms with Crippen molar-refractivity contribution < 1.29 is 14.7 Å². The number of nitrogens with zero attached hydrogens (tertiary/aromatic N) is 1. The maximum atomic E-state index is 13.9. The van der Waals surface area contributed by atoms with Crippen LogP contribution in [0.5, 0.6) is 0 Å². The van der Waals surface area contributed by atoms with E-state index in [-0.39, 0.29) is 18.4 Å². The van der Waals surface area contributed by atoms with Crippen molar-refractivity contribution in [2.75, 3.05) is 0 Å². The molecule has 5 heteroatoms. The first-order valence-electron chi connectivity index (χ1n) is 12.3. The zero-order chi connectivity index (χ0) is 25.5. The summed E-state index contributed by atoms with van der Waals surface area (Å²) in [4.78, 5) is 28.5. The number of benzene rings is 4. The fourth-order valence-electron chi connectivity index (χ4n) is 4.68. The molecule has 4 aromatic carbocycles. The van der Waals surface area contributed by atoms with Gasteiger partial charge in [-0.3, -0.25) is 14.5 Å². The van der Waals surface area contributed by atoms with Crippen LogP contribution in [0.15, 0.2) is 103 Å². The summed E-state index contributed by atoms with van der Waals surface area (Å²) in [5.74, 6) is -1.17. The fraction of sp³-hybridized carbons (Fsp3) is 0.226. The van der Waals surface area contributed by atoms with E-state index in [0.29, 0.717) is 6.54 Å². The summed E-state index contributed by atoms with van der Waals surface area (Å²) in [6.07, 6.45) is 0.277. The van der Waals surface area contributed by atoms with Gasteiger partial charge in [-0.15, -0.1) is 0 Å². The fourth-order valence-corrected chi connectivity index (χ4v) is 4.68. The van der Waals surface area contributed by atoms with Gasteiger partial charge in [-0.05, 0) is 47.7 Å². The molecule has 0 aliphatic heterocycles. The molecular weight excluding hydrogens is 448 g/mol. The van der Waals surface area contributed by atoms with Gasteiger partial charge >= 0.3 is 5.97 Å². The summed E-state index contributed by atoms with van der Waals surface area (Å²) in [5.41, 5.74) is 2.64. The van der Waals surface area contributed by atoms with Crippen molar-refractivity contribution in [3.05, 3.63) is 120 Å². The lowest BCUT2D eigenvalue weighted by atomic mass is 9.93. The first kappa shape index (κ1) is 25.1. The monoisotopic (exact) mass is 480 g/mol. The van der Waals surface area contributed by atoms with Crippen LogP contribution < -0.4 is 5.32 Å². The van der Waals surface area contributed by atoms with Gasteiger partial charge in [-0.2, -0.15) is 0 Å². The first-order valence-corrected chi connectivity index (χ1v) is 12.3. The Morgan fingerprint density at radius 2 is 1.36 bits per heavy atom. The summed E-state index contributed by atoms with van der Waals surface area (Å²) in [6.45, 7) is 4.14. The second-order valence-electron chi connectivity index (χ2n) is 9.34. The normalized spacial score (nSPS) is 13.0. The van der Waals surface area contributed by atoms with Gasteiger partial charge in [-0.25, -0.2) is 0 Å². The minimum atomic E-state index is -0.961. The highest BCUT2D eigenvalue weighted by Gasteiger charge is 2.37. The molecular formula is C31H32N2O3. The Bertz CT molecular complexity index is 1300. The highest BCUT2D eigenvalue weighted by atomic mass is 16.4. The Balaban J connectivity index is 1.89. The minimum absolute atomic E-state index is 0.0917. The number of amides is 1. The molecule has 0 aliphatic carbocycles. The average Bonchev–Trinajstić information content (AvgIpc) is 2.88. The van der Waals surface area contributed by atoms with Crippen LogP contribution in [0.4, 0.5) is 0 Å². The van der Waals surface area contributed by atoms with Crippen LogP contribution in [-0.4, -0.2) is 34.0 Å². The van der Waals surface area contributed by atoms with Gasteiger partial charge < -0.3 is 10.4 Å². The highest BCUT2D eigenvalue weighted by Crippen LogP contribution is 2.32. The number of carbonyl (C=O) groups excluding carboxylic acids is 1. The van der Waals surface area contributed by atoms with Crippen molar-refractivity contribution in [2.24, 2.45) is 0 Å².